The molecule has 1 aliphatic heterocycles. The molecule has 2 aromatic carbocycles. The van der Waals surface area contributed by atoms with Gasteiger partial charge in [-0.15, -0.1) is 0 Å². The lowest BCUT2D eigenvalue weighted by atomic mass is 10.2. The van der Waals surface area contributed by atoms with E-state index in [1.165, 1.54) is 11.1 Å². The van der Waals surface area contributed by atoms with E-state index >= 15 is 0 Å². The van der Waals surface area contributed by atoms with E-state index in [1.807, 2.05) is 18.2 Å². The van der Waals surface area contributed by atoms with Crippen molar-refractivity contribution < 1.29 is 4.74 Å². The summed E-state index contributed by atoms with van der Waals surface area (Å²) in [5.74, 6) is 0. The van der Waals surface area contributed by atoms with Crippen LogP contribution in [0.3, 0.4) is 0 Å². The van der Waals surface area contributed by atoms with Gasteiger partial charge in [-0.05, 0) is 35.5 Å². The van der Waals surface area contributed by atoms with Crippen LogP contribution in [-0.2, 0) is 17.8 Å². The highest BCUT2D eigenvalue weighted by Crippen LogP contribution is 2.12. The van der Waals surface area contributed by atoms with Gasteiger partial charge in [0.15, 0.2) is 5.11 Å². The van der Waals surface area contributed by atoms with Crippen LogP contribution >= 0.6 is 12.2 Å². The van der Waals surface area contributed by atoms with Crippen molar-refractivity contribution in [2.75, 3.05) is 31.6 Å². The maximum atomic E-state index is 5.38. The fourth-order valence-corrected chi connectivity index (χ4v) is 2.85. The molecule has 0 atom stereocenters. The molecule has 0 radical (unpaired) electrons. The number of ether oxygens (including phenoxy) is 1. The lowest BCUT2D eigenvalue weighted by Gasteiger charge is -2.26. The van der Waals surface area contributed by atoms with Gasteiger partial charge in [-0.25, -0.2) is 0 Å². The second-order valence-electron chi connectivity index (χ2n) is 5.88. The predicted octanol–water partition coefficient (Wildman–Crippen LogP) is 3.01. The Labute approximate surface area is 148 Å². The summed E-state index contributed by atoms with van der Waals surface area (Å²) in [7, 11) is 0. The van der Waals surface area contributed by atoms with Gasteiger partial charge >= 0.3 is 0 Å². The average Bonchev–Trinajstić information content (AvgIpc) is 2.63. The molecule has 5 heteroatoms. The minimum atomic E-state index is 0.639. The lowest BCUT2D eigenvalue weighted by Crippen LogP contribution is -2.35. The molecular formula is C19H23N3OS. The van der Waals surface area contributed by atoms with Crippen LogP contribution in [0.2, 0.25) is 0 Å². The largest absolute Gasteiger partial charge is 0.379 e. The van der Waals surface area contributed by atoms with Gasteiger partial charge in [-0.2, -0.15) is 0 Å². The van der Waals surface area contributed by atoms with Crippen LogP contribution < -0.4 is 10.6 Å². The topological polar surface area (TPSA) is 36.5 Å². The van der Waals surface area contributed by atoms with Gasteiger partial charge in [0.1, 0.15) is 0 Å². The number of nitrogens with one attached hydrogen (secondary N) is 2. The van der Waals surface area contributed by atoms with Crippen molar-refractivity contribution in [3.8, 4) is 0 Å². The number of anilines is 1. The monoisotopic (exact) mass is 341 g/mol. The van der Waals surface area contributed by atoms with Gasteiger partial charge in [0.2, 0.25) is 0 Å². The van der Waals surface area contributed by atoms with E-state index in [1.54, 1.807) is 0 Å². The summed E-state index contributed by atoms with van der Waals surface area (Å²) in [6.07, 6.45) is 0. The van der Waals surface area contributed by atoms with Crippen molar-refractivity contribution in [3.05, 3.63) is 65.7 Å². The number of hydrogen-bond donors (Lipinski definition) is 2. The first-order valence-corrected chi connectivity index (χ1v) is 8.68. The van der Waals surface area contributed by atoms with Crippen LogP contribution in [0.1, 0.15) is 11.1 Å². The summed E-state index contributed by atoms with van der Waals surface area (Å²) >= 11 is 5.35. The van der Waals surface area contributed by atoms with Crippen LogP contribution in [0.4, 0.5) is 5.69 Å². The number of hydrogen-bond acceptors (Lipinski definition) is 3. The summed E-state index contributed by atoms with van der Waals surface area (Å²) < 4.78 is 5.38. The zero-order chi connectivity index (χ0) is 16.6. The smallest absolute Gasteiger partial charge is 0.171 e. The van der Waals surface area contributed by atoms with Gasteiger partial charge in [0.25, 0.3) is 0 Å². The summed E-state index contributed by atoms with van der Waals surface area (Å²) in [6, 6.07) is 18.7. The molecule has 126 valence electrons. The molecule has 0 unspecified atom stereocenters. The van der Waals surface area contributed by atoms with E-state index in [-0.39, 0.29) is 0 Å². The summed E-state index contributed by atoms with van der Waals surface area (Å²) in [5.41, 5.74) is 3.53. The Morgan fingerprint density at radius 2 is 1.67 bits per heavy atom. The molecule has 0 bridgehead atoms. The van der Waals surface area contributed by atoms with Crippen LogP contribution in [0.25, 0.3) is 0 Å². The first-order valence-electron chi connectivity index (χ1n) is 8.27. The van der Waals surface area contributed by atoms with Crippen molar-refractivity contribution in [1.82, 2.24) is 10.2 Å². The van der Waals surface area contributed by atoms with Crippen molar-refractivity contribution in [2.24, 2.45) is 0 Å². The van der Waals surface area contributed by atoms with Crippen LogP contribution in [0.5, 0.6) is 0 Å². The van der Waals surface area contributed by atoms with E-state index in [4.69, 9.17) is 17.0 Å². The molecule has 2 aromatic rings. The maximum Gasteiger partial charge on any atom is 0.171 e. The van der Waals surface area contributed by atoms with Gasteiger partial charge in [-0.1, -0.05) is 42.5 Å². The number of benzene rings is 2. The molecule has 0 aromatic heterocycles. The fraction of sp³-hybridized carbons (Fsp3) is 0.316. The minimum absolute atomic E-state index is 0.639. The van der Waals surface area contributed by atoms with Gasteiger partial charge in [0.05, 0.1) is 13.2 Å². The van der Waals surface area contributed by atoms with Crippen molar-refractivity contribution >= 4 is 23.0 Å². The third-order valence-electron chi connectivity index (χ3n) is 4.02. The minimum Gasteiger partial charge on any atom is -0.379 e. The van der Waals surface area contributed by atoms with Crippen molar-refractivity contribution in [3.63, 3.8) is 0 Å². The van der Waals surface area contributed by atoms with Gasteiger partial charge in [-0.3, -0.25) is 4.90 Å². The average molecular weight is 341 g/mol. The molecule has 1 saturated heterocycles. The molecule has 1 fully saturated rings. The third kappa shape index (κ3) is 5.30. The van der Waals surface area contributed by atoms with E-state index < -0.39 is 0 Å². The Morgan fingerprint density at radius 3 is 2.38 bits per heavy atom. The second kappa shape index (κ2) is 8.78. The standard InChI is InChI=1S/C19H23N3OS/c24-19(20-14-16-4-2-1-3-5-16)21-18-8-6-17(7-9-18)15-22-10-12-23-13-11-22/h1-9H,10-15H2,(H2,20,21,24). The number of nitrogens with zero attached hydrogens (tertiary/aromatic N) is 1. The molecule has 0 spiro atoms. The summed E-state index contributed by atoms with van der Waals surface area (Å²) in [4.78, 5) is 2.41. The van der Waals surface area contributed by atoms with Crippen molar-refractivity contribution in [1.29, 1.82) is 0 Å². The lowest BCUT2D eigenvalue weighted by molar-refractivity contribution is 0.0342. The van der Waals surface area contributed by atoms with Crippen molar-refractivity contribution in [2.45, 2.75) is 13.1 Å². The van der Waals surface area contributed by atoms with E-state index in [0.717, 1.165) is 45.1 Å². The Bertz CT molecular complexity index is 639. The number of morpholine rings is 1. The Kier molecular flexibility index (Phi) is 6.18. The number of rotatable bonds is 5. The molecule has 0 amide bonds. The normalized spacial score (nSPS) is 15.0. The third-order valence-corrected chi connectivity index (χ3v) is 4.26. The summed E-state index contributed by atoms with van der Waals surface area (Å²) in [5, 5.41) is 7.09. The molecule has 1 heterocycles. The Hall–Kier alpha value is -1.95. The van der Waals surface area contributed by atoms with E-state index in [9.17, 15) is 0 Å². The molecule has 1 aliphatic rings. The zero-order valence-electron chi connectivity index (χ0n) is 13.7. The molecule has 0 saturated carbocycles. The predicted molar refractivity (Wildman–Crippen MR) is 102 cm³/mol. The maximum absolute atomic E-state index is 5.38. The molecule has 24 heavy (non-hydrogen) atoms. The van der Waals surface area contributed by atoms with E-state index in [2.05, 4.69) is 51.9 Å². The van der Waals surface area contributed by atoms with E-state index in [0.29, 0.717) is 5.11 Å². The van der Waals surface area contributed by atoms with Gasteiger partial charge in [0, 0.05) is 31.9 Å². The Balaban J connectivity index is 1.45. The first kappa shape index (κ1) is 16.9. The Morgan fingerprint density at radius 1 is 0.958 bits per heavy atom. The quantitative estimate of drug-likeness (QED) is 0.818. The SMILES string of the molecule is S=C(NCc1ccccc1)Nc1ccc(CN2CCOCC2)cc1. The molecule has 3 rings (SSSR count). The summed E-state index contributed by atoms with van der Waals surface area (Å²) in [6.45, 7) is 5.38. The van der Waals surface area contributed by atoms with Crippen LogP contribution in [-0.4, -0.2) is 36.3 Å². The highest BCUT2D eigenvalue weighted by atomic mass is 32.1. The molecule has 4 nitrogen and oxygen atoms in total. The van der Waals surface area contributed by atoms with Gasteiger partial charge < -0.3 is 15.4 Å². The van der Waals surface area contributed by atoms with Crippen LogP contribution in [0, 0.1) is 0 Å². The first-order chi connectivity index (χ1) is 11.8. The highest BCUT2D eigenvalue weighted by Gasteiger charge is 2.10. The fourth-order valence-electron chi connectivity index (χ4n) is 2.66. The highest BCUT2D eigenvalue weighted by molar-refractivity contribution is 7.80. The molecule has 2 N–H and O–H groups in total. The second-order valence-corrected chi connectivity index (χ2v) is 6.29. The zero-order valence-corrected chi connectivity index (χ0v) is 14.5. The molecule has 0 aliphatic carbocycles. The number of thiocarbonyl (C=S) groups is 1. The molecular weight excluding hydrogens is 318 g/mol. The van der Waals surface area contributed by atoms with Crippen LogP contribution in [0.15, 0.2) is 54.6 Å².